The third-order valence-electron chi connectivity index (χ3n) is 4.24. The normalized spacial score (nSPS) is 17.2. The standard InChI is InChI=1S/C19H28N4O2/c1-14(19-20-9-11-25-19)7-8-15(2)22-18(24)6-5-10-23-13-21-16(3)12-17(23)4/h5,9-12,14-15H,6-8,13H2,1-4H3,(H,22,24)/b10-5-. The number of aromatic nitrogens is 1. The van der Waals surface area contributed by atoms with Crippen molar-refractivity contribution in [3.63, 3.8) is 0 Å². The van der Waals surface area contributed by atoms with E-state index in [2.05, 4.69) is 22.2 Å². The Morgan fingerprint density at radius 3 is 2.88 bits per heavy atom. The number of nitrogens with zero attached hydrogens (tertiary/aromatic N) is 3. The summed E-state index contributed by atoms with van der Waals surface area (Å²) in [5.41, 5.74) is 2.17. The van der Waals surface area contributed by atoms with Crippen molar-refractivity contribution >= 4 is 11.6 Å². The molecule has 1 amide bonds. The van der Waals surface area contributed by atoms with Gasteiger partial charge in [-0.25, -0.2) is 4.98 Å². The van der Waals surface area contributed by atoms with Gasteiger partial charge in [-0.05, 0) is 39.7 Å². The molecule has 1 aliphatic rings. The molecule has 136 valence electrons. The van der Waals surface area contributed by atoms with Crippen LogP contribution < -0.4 is 5.32 Å². The van der Waals surface area contributed by atoms with Gasteiger partial charge in [0.05, 0.1) is 6.20 Å². The van der Waals surface area contributed by atoms with Crippen LogP contribution in [0.25, 0.3) is 0 Å². The molecular formula is C19H28N4O2. The van der Waals surface area contributed by atoms with Gasteiger partial charge in [0.2, 0.25) is 5.91 Å². The number of nitrogens with one attached hydrogen (secondary N) is 1. The quantitative estimate of drug-likeness (QED) is 0.782. The van der Waals surface area contributed by atoms with Crippen molar-refractivity contribution in [3.05, 3.63) is 42.4 Å². The van der Waals surface area contributed by atoms with Crippen LogP contribution in [0.15, 0.2) is 45.9 Å². The van der Waals surface area contributed by atoms with Crippen molar-refractivity contribution in [2.24, 2.45) is 4.99 Å². The minimum atomic E-state index is 0.0332. The molecule has 1 aromatic heterocycles. The number of carbonyl (C=O) groups excluding carboxylic acids is 1. The number of rotatable bonds is 8. The van der Waals surface area contributed by atoms with Crippen LogP contribution in [0.2, 0.25) is 0 Å². The van der Waals surface area contributed by atoms with E-state index in [0.29, 0.717) is 13.1 Å². The maximum Gasteiger partial charge on any atom is 0.224 e. The van der Waals surface area contributed by atoms with E-state index in [-0.39, 0.29) is 17.9 Å². The zero-order chi connectivity index (χ0) is 18.2. The Labute approximate surface area is 149 Å². The highest BCUT2D eigenvalue weighted by Crippen LogP contribution is 2.19. The average molecular weight is 344 g/mol. The van der Waals surface area contributed by atoms with Gasteiger partial charge in [0, 0.05) is 36.0 Å². The highest BCUT2D eigenvalue weighted by molar-refractivity contribution is 5.93. The number of aliphatic imine (C=N–C) groups is 1. The van der Waals surface area contributed by atoms with Gasteiger partial charge in [-0.2, -0.15) is 0 Å². The van der Waals surface area contributed by atoms with Gasteiger partial charge < -0.3 is 14.6 Å². The summed E-state index contributed by atoms with van der Waals surface area (Å²) in [7, 11) is 0. The average Bonchev–Trinajstić information content (AvgIpc) is 3.09. The van der Waals surface area contributed by atoms with Crippen LogP contribution in [0.5, 0.6) is 0 Å². The van der Waals surface area contributed by atoms with Crippen molar-refractivity contribution in [2.45, 2.75) is 58.9 Å². The molecular weight excluding hydrogens is 316 g/mol. The number of amides is 1. The van der Waals surface area contributed by atoms with Crippen molar-refractivity contribution in [1.29, 1.82) is 0 Å². The summed E-state index contributed by atoms with van der Waals surface area (Å²) < 4.78 is 5.31. The highest BCUT2D eigenvalue weighted by Gasteiger charge is 2.13. The lowest BCUT2D eigenvalue weighted by Crippen LogP contribution is -2.32. The molecule has 0 spiro atoms. The summed E-state index contributed by atoms with van der Waals surface area (Å²) in [6.45, 7) is 8.75. The molecule has 2 atom stereocenters. The van der Waals surface area contributed by atoms with E-state index in [1.165, 1.54) is 0 Å². The Bertz CT molecular complexity index is 646. The number of allylic oxidation sites excluding steroid dienone is 2. The SMILES string of the molecule is CC1=CC(C)=NCN1/C=C\CC(=O)NC(C)CCC(C)c1ncco1. The van der Waals surface area contributed by atoms with Gasteiger partial charge in [-0.15, -0.1) is 0 Å². The molecule has 0 radical (unpaired) electrons. The molecule has 0 saturated heterocycles. The van der Waals surface area contributed by atoms with Crippen molar-refractivity contribution in [3.8, 4) is 0 Å². The Kier molecular flexibility index (Phi) is 6.98. The molecule has 1 aromatic rings. The van der Waals surface area contributed by atoms with Crippen LogP contribution in [0.1, 0.15) is 58.8 Å². The number of hydrogen-bond donors (Lipinski definition) is 1. The van der Waals surface area contributed by atoms with Crippen LogP contribution in [0.3, 0.4) is 0 Å². The zero-order valence-electron chi connectivity index (χ0n) is 15.5. The first kappa shape index (κ1) is 19.0. The van der Waals surface area contributed by atoms with Crippen LogP contribution >= 0.6 is 0 Å². The summed E-state index contributed by atoms with van der Waals surface area (Å²) in [4.78, 5) is 22.6. The van der Waals surface area contributed by atoms with Gasteiger partial charge in [-0.1, -0.05) is 13.0 Å². The first-order chi connectivity index (χ1) is 12.0. The summed E-state index contributed by atoms with van der Waals surface area (Å²) in [5, 5.41) is 3.03. The van der Waals surface area contributed by atoms with E-state index in [4.69, 9.17) is 4.42 Å². The molecule has 2 heterocycles. The zero-order valence-corrected chi connectivity index (χ0v) is 15.5. The Balaban J connectivity index is 1.67. The molecule has 0 fully saturated rings. The predicted octanol–water partition coefficient (Wildman–Crippen LogP) is 3.60. The second-order valence-electron chi connectivity index (χ2n) is 6.60. The number of oxazole rings is 1. The van der Waals surface area contributed by atoms with Crippen molar-refractivity contribution in [2.75, 3.05) is 6.67 Å². The van der Waals surface area contributed by atoms with E-state index < -0.39 is 0 Å². The summed E-state index contributed by atoms with van der Waals surface area (Å²) in [5.74, 6) is 1.04. The second-order valence-corrected chi connectivity index (χ2v) is 6.60. The largest absolute Gasteiger partial charge is 0.449 e. The fourth-order valence-corrected chi connectivity index (χ4v) is 2.69. The van der Waals surface area contributed by atoms with Crippen LogP contribution in [0.4, 0.5) is 0 Å². The first-order valence-corrected chi connectivity index (χ1v) is 8.77. The van der Waals surface area contributed by atoms with E-state index in [9.17, 15) is 4.79 Å². The summed E-state index contributed by atoms with van der Waals surface area (Å²) in [6.07, 6.45) is 11.3. The maximum atomic E-state index is 12.0. The topological polar surface area (TPSA) is 70.7 Å². The Morgan fingerprint density at radius 1 is 1.40 bits per heavy atom. The minimum Gasteiger partial charge on any atom is -0.449 e. The Morgan fingerprint density at radius 2 is 2.20 bits per heavy atom. The van der Waals surface area contributed by atoms with Crippen LogP contribution in [0, 0.1) is 0 Å². The van der Waals surface area contributed by atoms with E-state index in [1.807, 2.05) is 44.0 Å². The fourth-order valence-electron chi connectivity index (χ4n) is 2.69. The van der Waals surface area contributed by atoms with E-state index in [0.717, 1.165) is 30.1 Å². The molecule has 0 aromatic carbocycles. The van der Waals surface area contributed by atoms with Gasteiger partial charge in [0.25, 0.3) is 0 Å². The second kappa shape index (κ2) is 9.20. The number of hydrogen-bond acceptors (Lipinski definition) is 5. The van der Waals surface area contributed by atoms with Gasteiger partial charge in [0.15, 0.2) is 5.89 Å². The molecule has 0 bridgehead atoms. The monoisotopic (exact) mass is 344 g/mol. The van der Waals surface area contributed by atoms with Crippen molar-refractivity contribution < 1.29 is 9.21 Å². The summed E-state index contributed by atoms with van der Waals surface area (Å²) >= 11 is 0. The molecule has 6 nitrogen and oxygen atoms in total. The molecule has 2 unspecified atom stereocenters. The predicted molar refractivity (Wildman–Crippen MR) is 99.1 cm³/mol. The first-order valence-electron chi connectivity index (χ1n) is 8.77. The minimum absolute atomic E-state index is 0.0332. The third-order valence-corrected chi connectivity index (χ3v) is 4.24. The van der Waals surface area contributed by atoms with Crippen molar-refractivity contribution in [1.82, 2.24) is 15.2 Å². The molecule has 6 heteroatoms. The molecule has 2 rings (SSSR count). The Hall–Kier alpha value is -2.37. The molecule has 25 heavy (non-hydrogen) atoms. The molecule has 0 aliphatic carbocycles. The number of carbonyl (C=O) groups is 1. The summed E-state index contributed by atoms with van der Waals surface area (Å²) in [6, 6.07) is 0.127. The molecule has 1 N–H and O–H groups in total. The fraction of sp³-hybridized carbons (Fsp3) is 0.526. The molecule has 0 saturated carbocycles. The van der Waals surface area contributed by atoms with Gasteiger partial charge in [0.1, 0.15) is 12.9 Å². The highest BCUT2D eigenvalue weighted by atomic mass is 16.3. The maximum absolute atomic E-state index is 12.0. The lowest BCUT2D eigenvalue weighted by molar-refractivity contribution is -0.120. The van der Waals surface area contributed by atoms with E-state index in [1.54, 1.807) is 12.5 Å². The lowest BCUT2D eigenvalue weighted by atomic mass is 10.0. The lowest BCUT2D eigenvalue weighted by Gasteiger charge is -2.22. The molecule has 1 aliphatic heterocycles. The van der Waals surface area contributed by atoms with Gasteiger partial charge >= 0.3 is 0 Å². The third kappa shape index (κ3) is 6.21. The van der Waals surface area contributed by atoms with Crippen LogP contribution in [-0.2, 0) is 4.79 Å². The smallest absolute Gasteiger partial charge is 0.224 e. The van der Waals surface area contributed by atoms with Gasteiger partial charge in [-0.3, -0.25) is 9.79 Å². The van der Waals surface area contributed by atoms with E-state index >= 15 is 0 Å². The van der Waals surface area contributed by atoms with Crippen LogP contribution in [-0.4, -0.2) is 34.2 Å².